The molecule has 0 bridgehead atoms. The summed E-state index contributed by atoms with van der Waals surface area (Å²) in [4.78, 5) is 11.4. The first-order valence-electron chi connectivity index (χ1n) is 5.62. The van der Waals surface area contributed by atoms with Gasteiger partial charge in [0, 0.05) is 12.6 Å². The second-order valence-electron chi connectivity index (χ2n) is 4.77. The van der Waals surface area contributed by atoms with Crippen molar-refractivity contribution >= 4 is 12.0 Å². The number of amides is 1. The number of aryl methyl sites for hydroxylation is 1. The highest BCUT2D eigenvalue weighted by Gasteiger charge is 2.12. The van der Waals surface area contributed by atoms with Crippen molar-refractivity contribution in [1.82, 2.24) is 5.32 Å². The van der Waals surface area contributed by atoms with Gasteiger partial charge < -0.3 is 10.4 Å². The Bertz CT molecular complexity index is 399. The number of aliphatic hydroxyl groups is 1. The number of hydrogen-bond donors (Lipinski definition) is 2. The van der Waals surface area contributed by atoms with E-state index < -0.39 is 5.60 Å². The average Bonchev–Trinajstić information content (AvgIpc) is 2.25. The van der Waals surface area contributed by atoms with E-state index in [1.165, 1.54) is 11.6 Å². The van der Waals surface area contributed by atoms with Crippen LogP contribution in [0.2, 0.25) is 0 Å². The molecule has 3 nitrogen and oxygen atoms in total. The first-order valence-corrected chi connectivity index (χ1v) is 5.62. The van der Waals surface area contributed by atoms with Crippen molar-refractivity contribution in [1.29, 1.82) is 0 Å². The predicted molar refractivity (Wildman–Crippen MR) is 69.5 cm³/mol. The standard InChI is InChI=1S/C14H19NO2/c1-11-4-6-12(7-5-11)8-9-13(16)15-10-14(2,3)17/h4-9,17H,10H2,1-3H3,(H,15,16). The summed E-state index contributed by atoms with van der Waals surface area (Å²) >= 11 is 0. The van der Waals surface area contributed by atoms with E-state index in [2.05, 4.69) is 5.32 Å². The maximum absolute atomic E-state index is 11.4. The summed E-state index contributed by atoms with van der Waals surface area (Å²) in [5, 5.41) is 12.1. The molecule has 0 radical (unpaired) electrons. The number of hydrogen-bond acceptors (Lipinski definition) is 2. The van der Waals surface area contributed by atoms with Gasteiger partial charge in [-0.2, -0.15) is 0 Å². The Morgan fingerprint density at radius 2 is 1.94 bits per heavy atom. The molecule has 0 fully saturated rings. The minimum atomic E-state index is -0.882. The molecule has 0 aromatic heterocycles. The van der Waals surface area contributed by atoms with E-state index in [9.17, 15) is 9.90 Å². The van der Waals surface area contributed by atoms with Gasteiger partial charge in [0.25, 0.3) is 0 Å². The van der Waals surface area contributed by atoms with Gasteiger partial charge in [0.15, 0.2) is 0 Å². The van der Waals surface area contributed by atoms with Crippen LogP contribution in [0.5, 0.6) is 0 Å². The maximum Gasteiger partial charge on any atom is 0.244 e. The Kier molecular flexibility index (Phi) is 4.46. The molecule has 0 atom stereocenters. The molecule has 3 heteroatoms. The third-order valence-electron chi connectivity index (χ3n) is 2.20. The molecular weight excluding hydrogens is 214 g/mol. The van der Waals surface area contributed by atoms with Crippen LogP contribution in [-0.2, 0) is 4.79 Å². The first-order chi connectivity index (χ1) is 7.87. The normalized spacial score (nSPS) is 11.8. The third-order valence-corrected chi connectivity index (χ3v) is 2.20. The molecule has 0 saturated heterocycles. The lowest BCUT2D eigenvalue weighted by molar-refractivity contribution is -0.117. The van der Waals surface area contributed by atoms with Gasteiger partial charge in [0.2, 0.25) is 5.91 Å². The molecule has 0 aliphatic heterocycles. The van der Waals surface area contributed by atoms with E-state index in [1.54, 1.807) is 19.9 Å². The van der Waals surface area contributed by atoms with Crippen LogP contribution in [0.25, 0.3) is 6.08 Å². The lowest BCUT2D eigenvalue weighted by atomic mass is 10.1. The Morgan fingerprint density at radius 3 is 2.47 bits per heavy atom. The highest BCUT2D eigenvalue weighted by Crippen LogP contribution is 2.04. The number of benzene rings is 1. The van der Waals surface area contributed by atoms with Gasteiger partial charge in [-0.05, 0) is 32.4 Å². The highest BCUT2D eigenvalue weighted by molar-refractivity contribution is 5.91. The van der Waals surface area contributed by atoms with Gasteiger partial charge in [-0.1, -0.05) is 29.8 Å². The number of carbonyl (C=O) groups excluding carboxylic acids is 1. The largest absolute Gasteiger partial charge is 0.389 e. The Balaban J connectivity index is 2.48. The van der Waals surface area contributed by atoms with Gasteiger partial charge in [-0.25, -0.2) is 0 Å². The summed E-state index contributed by atoms with van der Waals surface area (Å²) in [5.41, 5.74) is 1.29. The minimum absolute atomic E-state index is 0.201. The second kappa shape index (κ2) is 5.64. The highest BCUT2D eigenvalue weighted by atomic mass is 16.3. The molecule has 0 unspecified atom stereocenters. The SMILES string of the molecule is Cc1ccc(C=CC(=O)NCC(C)(C)O)cc1. The van der Waals surface area contributed by atoms with E-state index in [0.29, 0.717) is 0 Å². The molecule has 0 heterocycles. The quantitative estimate of drug-likeness (QED) is 0.780. The smallest absolute Gasteiger partial charge is 0.244 e. The van der Waals surface area contributed by atoms with Crippen molar-refractivity contribution in [2.24, 2.45) is 0 Å². The fourth-order valence-electron chi connectivity index (χ4n) is 1.21. The van der Waals surface area contributed by atoms with Crippen LogP contribution in [0.1, 0.15) is 25.0 Å². The summed E-state index contributed by atoms with van der Waals surface area (Å²) < 4.78 is 0. The van der Waals surface area contributed by atoms with Gasteiger partial charge in [0.05, 0.1) is 5.60 Å². The molecule has 0 aliphatic carbocycles. The molecule has 92 valence electrons. The zero-order valence-electron chi connectivity index (χ0n) is 10.5. The summed E-state index contributed by atoms with van der Waals surface area (Å²) in [6.45, 7) is 5.56. The molecule has 0 saturated carbocycles. The van der Waals surface area contributed by atoms with Gasteiger partial charge >= 0.3 is 0 Å². The molecule has 1 rings (SSSR count). The van der Waals surface area contributed by atoms with E-state index in [0.717, 1.165) is 5.56 Å². The van der Waals surface area contributed by atoms with Crippen LogP contribution in [0.3, 0.4) is 0 Å². The monoisotopic (exact) mass is 233 g/mol. The molecule has 1 aromatic rings. The molecule has 1 aromatic carbocycles. The van der Waals surface area contributed by atoms with Crippen molar-refractivity contribution in [3.8, 4) is 0 Å². The van der Waals surface area contributed by atoms with Crippen molar-refractivity contribution in [3.63, 3.8) is 0 Å². The predicted octanol–water partition coefficient (Wildman–Crippen LogP) is 1.90. The number of carbonyl (C=O) groups is 1. The summed E-state index contributed by atoms with van der Waals surface area (Å²) in [7, 11) is 0. The summed E-state index contributed by atoms with van der Waals surface area (Å²) in [5.74, 6) is -0.201. The molecule has 0 spiro atoms. The average molecular weight is 233 g/mol. The van der Waals surface area contributed by atoms with Gasteiger partial charge in [-0.3, -0.25) is 4.79 Å². The Labute approximate surface area is 102 Å². The third kappa shape index (κ3) is 5.88. The molecular formula is C14H19NO2. The fraction of sp³-hybridized carbons (Fsp3) is 0.357. The fourth-order valence-corrected chi connectivity index (χ4v) is 1.21. The van der Waals surface area contributed by atoms with Crippen molar-refractivity contribution in [2.75, 3.05) is 6.54 Å². The van der Waals surface area contributed by atoms with Crippen molar-refractivity contribution < 1.29 is 9.90 Å². The van der Waals surface area contributed by atoms with E-state index in [1.807, 2.05) is 31.2 Å². The number of rotatable bonds is 4. The van der Waals surface area contributed by atoms with Crippen molar-refractivity contribution in [3.05, 3.63) is 41.5 Å². The van der Waals surface area contributed by atoms with Gasteiger partial charge in [-0.15, -0.1) is 0 Å². The van der Waals surface area contributed by atoms with Crippen LogP contribution >= 0.6 is 0 Å². The zero-order valence-corrected chi connectivity index (χ0v) is 10.5. The molecule has 2 N–H and O–H groups in total. The Hall–Kier alpha value is -1.61. The Morgan fingerprint density at radius 1 is 1.35 bits per heavy atom. The van der Waals surface area contributed by atoms with Gasteiger partial charge in [0.1, 0.15) is 0 Å². The molecule has 17 heavy (non-hydrogen) atoms. The number of nitrogens with one attached hydrogen (secondary N) is 1. The zero-order chi connectivity index (χ0) is 12.9. The molecule has 1 amide bonds. The van der Waals surface area contributed by atoms with Crippen LogP contribution in [0, 0.1) is 6.92 Å². The van der Waals surface area contributed by atoms with Crippen LogP contribution < -0.4 is 5.32 Å². The summed E-state index contributed by atoms with van der Waals surface area (Å²) in [6.07, 6.45) is 3.22. The van der Waals surface area contributed by atoms with E-state index in [4.69, 9.17) is 0 Å². The summed E-state index contributed by atoms with van der Waals surface area (Å²) in [6, 6.07) is 7.90. The van der Waals surface area contributed by atoms with Crippen LogP contribution in [0.4, 0.5) is 0 Å². The van der Waals surface area contributed by atoms with Crippen molar-refractivity contribution in [2.45, 2.75) is 26.4 Å². The lowest BCUT2D eigenvalue weighted by Gasteiger charge is -2.16. The van der Waals surface area contributed by atoms with Crippen LogP contribution in [-0.4, -0.2) is 23.2 Å². The first kappa shape index (κ1) is 13.5. The minimum Gasteiger partial charge on any atom is -0.389 e. The lowest BCUT2D eigenvalue weighted by Crippen LogP contribution is -2.37. The van der Waals surface area contributed by atoms with Crippen LogP contribution in [0.15, 0.2) is 30.3 Å². The van der Waals surface area contributed by atoms with E-state index in [-0.39, 0.29) is 12.5 Å². The molecule has 0 aliphatic rings. The second-order valence-corrected chi connectivity index (χ2v) is 4.77. The maximum atomic E-state index is 11.4. The topological polar surface area (TPSA) is 49.3 Å². The van der Waals surface area contributed by atoms with E-state index >= 15 is 0 Å².